The Kier molecular flexibility index (Phi) is 4.89. The zero-order valence-corrected chi connectivity index (χ0v) is 11.9. The van der Waals surface area contributed by atoms with E-state index >= 15 is 0 Å². The maximum atomic E-state index is 12.3. The summed E-state index contributed by atoms with van der Waals surface area (Å²) in [4.78, 5) is 16.0. The predicted molar refractivity (Wildman–Crippen MR) is 84.9 cm³/mol. The lowest BCUT2D eigenvalue weighted by Crippen LogP contribution is -2.26. The fourth-order valence-electron chi connectivity index (χ4n) is 2.19. The molecule has 0 saturated heterocycles. The number of hydrogen-bond acceptors (Lipinski definition) is 2. The number of hydrogen-bond donors (Lipinski definition) is 2. The molecular weight excluding hydrogens is 276 g/mol. The van der Waals surface area contributed by atoms with Gasteiger partial charge in [-0.1, -0.05) is 42.5 Å². The fraction of sp³-hybridized carbons (Fsp3) is 0.118. The van der Waals surface area contributed by atoms with Gasteiger partial charge in [0.1, 0.15) is 0 Å². The zero-order chi connectivity index (χ0) is 15.9. The topological polar surface area (TPSA) is 105 Å². The van der Waals surface area contributed by atoms with E-state index in [9.17, 15) is 4.79 Å². The third-order valence-electron chi connectivity index (χ3n) is 3.26. The number of carbonyl (C=O) groups excluding carboxylic acids is 1. The number of nitrogens with two attached hydrogens (primary N) is 2. The van der Waals surface area contributed by atoms with Crippen LogP contribution in [0.3, 0.4) is 0 Å². The third kappa shape index (κ3) is 3.93. The van der Waals surface area contributed by atoms with Crippen molar-refractivity contribution in [1.29, 1.82) is 5.26 Å². The lowest BCUT2D eigenvalue weighted by atomic mass is 9.91. The summed E-state index contributed by atoms with van der Waals surface area (Å²) in [6, 6.07) is 18.5. The molecule has 0 spiro atoms. The van der Waals surface area contributed by atoms with Crippen molar-refractivity contribution in [2.75, 3.05) is 0 Å². The van der Waals surface area contributed by atoms with Crippen LogP contribution in [-0.2, 0) is 11.2 Å². The van der Waals surface area contributed by atoms with Crippen molar-refractivity contribution in [3.05, 3.63) is 71.3 Å². The van der Waals surface area contributed by atoms with Gasteiger partial charge in [0.2, 0.25) is 0 Å². The molecule has 0 bridgehead atoms. The van der Waals surface area contributed by atoms with E-state index in [0.29, 0.717) is 12.0 Å². The summed E-state index contributed by atoms with van der Waals surface area (Å²) in [7, 11) is 0. The molecule has 1 amide bonds. The average molecular weight is 292 g/mol. The smallest absolute Gasteiger partial charge is 0.256 e. The Morgan fingerprint density at radius 2 is 1.73 bits per heavy atom. The van der Waals surface area contributed by atoms with Crippen LogP contribution in [0.1, 0.15) is 22.6 Å². The van der Waals surface area contributed by atoms with Gasteiger partial charge in [-0.3, -0.25) is 4.79 Å². The van der Waals surface area contributed by atoms with Crippen molar-refractivity contribution in [2.24, 2.45) is 16.5 Å². The predicted octanol–water partition coefficient (Wildman–Crippen LogP) is 1.68. The molecule has 2 aromatic rings. The lowest BCUT2D eigenvalue weighted by Gasteiger charge is -2.14. The number of guanidine groups is 1. The lowest BCUT2D eigenvalue weighted by molar-refractivity contribution is -0.119. The Bertz CT molecular complexity index is 711. The molecule has 0 unspecified atom stereocenters. The first-order valence-electron chi connectivity index (χ1n) is 6.77. The Balaban J connectivity index is 2.34. The quantitative estimate of drug-likeness (QED) is 0.660. The normalized spacial score (nSPS) is 11.2. The van der Waals surface area contributed by atoms with Crippen molar-refractivity contribution in [2.45, 2.75) is 12.3 Å². The Labute approximate surface area is 128 Å². The van der Waals surface area contributed by atoms with E-state index in [1.165, 1.54) is 0 Å². The highest BCUT2D eigenvalue weighted by molar-refractivity contribution is 5.95. The number of rotatable bonds is 4. The molecule has 110 valence electrons. The van der Waals surface area contributed by atoms with Gasteiger partial charge in [-0.25, -0.2) is 0 Å². The molecule has 0 saturated carbocycles. The van der Waals surface area contributed by atoms with Crippen molar-refractivity contribution < 1.29 is 4.79 Å². The molecule has 4 N–H and O–H groups in total. The minimum atomic E-state index is -0.489. The van der Waals surface area contributed by atoms with Crippen LogP contribution in [-0.4, -0.2) is 11.9 Å². The van der Waals surface area contributed by atoms with E-state index in [4.69, 9.17) is 16.7 Å². The van der Waals surface area contributed by atoms with Gasteiger partial charge < -0.3 is 11.5 Å². The minimum Gasteiger partial charge on any atom is -0.370 e. The molecule has 1 atom stereocenters. The molecule has 5 heteroatoms. The largest absolute Gasteiger partial charge is 0.370 e. The summed E-state index contributed by atoms with van der Waals surface area (Å²) >= 11 is 0. The fourth-order valence-corrected chi connectivity index (χ4v) is 2.19. The SMILES string of the molecule is N#Cc1ccc([C@@H](Cc2ccccc2)C(=O)N=C(N)N)cc1. The van der Waals surface area contributed by atoms with Gasteiger partial charge in [0.05, 0.1) is 17.6 Å². The van der Waals surface area contributed by atoms with E-state index in [1.807, 2.05) is 30.3 Å². The first-order valence-corrected chi connectivity index (χ1v) is 6.77. The van der Waals surface area contributed by atoms with Crippen LogP contribution >= 0.6 is 0 Å². The Morgan fingerprint density at radius 1 is 1.09 bits per heavy atom. The van der Waals surface area contributed by atoms with Crippen molar-refractivity contribution in [3.8, 4) is 6.07 Å². The van der Waals surface area contributed by atoms with Gasteiger partial charge in [0.15, 0.2) is 5.96 Å². The minimum absolute atomic E-state index is 0.253. The molecular formula is C17H16N4O. The maximum absolute atomic E-state index is 12.3. The van der Waals surface area contributed by atoms with Crippen molar-refractivity contribution in [3.63, 3.8) is 0 Å². The first kappa shape index (κ1) is 15.3. The molecule has 2 rings (SSSR count). The molecule has 0 aromatic heterocycles. The number of benzene rings is 2. The second-order valence-electron chi connectivity index (χ2n) is 4.85. The molecule has 0 fully saturated rings. The van der Waals surface area contributed by atoms with Crippen LogP contribution in [0.2, 0.25) is 0 Å². The molecule has 2 aromatic carbocycles. The average Bonchev–Trinajstić information content (AvgIpc) is 2.53. The standard InChI is InChI=1S/C17H16N4O/c18-11-13-6-8-14(9-7-13)15(16(22)21-17(19)20)10-12-4-2-1-3-5-12/h1-9,15H,10H2,(H4,19,20,21,22)/t15-/m1/s1. The number of amides is 1. The highest BCUT2D eigenvalue weighted by atomic mass is 16.1. The van der Waals surface area contributed by atoms with Crippen LogP contribution in [0, 0.1) is 11.3 Å². The second kappa shape index (κ2) is 7.04. The van der Waals surface area contributed by atoms with Crippen LogP contribution in [0.4, 0.5) is 0 Å². The summed E-state index contributed by atoms with van der Waals surface area (Å²) in [5.41, 5.74) is 12.9. The zero-order valence-electron chi connectivity index (χ0n) is 11.9. The van der Waals surface area contributed by atoms with Gasteiger partial charge in [-0.2, -0.15) is 10.3 Å². The van der Waals surface area contributed by atoms with Gasteiger partial charge >= 0.3 is 0 Å². The van der Waals surface area contributed by atoms with E-state index < -0.39 is 11.8 Å². The van der Waals surface area contributed by atoms with Gasteiger partial charge in [0, 0.05) is 0 Å². The number of nitriles is 1. The first-order chi connectivity index (χ1) is 10.6. The number of aliphatic imine (C=N–C) groups is 1. The molecule has 0 radical (unpaired) electrons. The molecule has 0 aliphatic rings. The molecule has 0 heterocycles. The summed E-state index contributed by atoms with van der Waals surface area (Å²) in [6.07, 6.45) is 0.488. The number of carbonyl (C=O) groups is 1. The molecule has 0 aliphatic carbocycles. The van der Waals surface area contributed by atoms with Gasteiger partial charge in [-0.15, -0.1) is 0 Å². The van der Waals surface area contributed by atoms with Crippen LogP contribution < -0.4 is 11.5 Å². The molecule has 5 nitrogen and oxygen atoms in total. The van der Waals surface area contributed by atoms with Crippen LogP contribution in [0.5, 0.6) is 0 Å². The van der Waals surface area contributed by atoms with Crippen molar-refractivity contribution >= 4 is 11.9 Å². The van der Waals surface area contributed by atoms with Crippen molar-refractivity contribution in [1.82, 2.24) is 0 Å². The summed E-state index contributed by atoms with van der Waals surface area (Å²) in [5, 5.41) is 8.86. The highest BCUT2D eigenvalue weighted by Crippen LogP contribution is 2.23. The summed E-state index contributed by atoms with van der Waals surface area (Å²) < 4.78 is 0. The van der Waals surface area contributed by atoms with Gasteiger partial charge in [0.25, 0.3) is 5.91 Å². The van der Waals surface area contributed by atoms with E-state index in [-0.39, 0.29) is 5.96 Å². The Morgan fingerprint density at radius 3 is 2.27 bits per heavy atom. The molecule has 22 heavy (non-hydrogen) atoms. The van der Waals surface area contributed by atoms with Gasteiger partial charge in [-0.05, 0) is 29.7 Å². The van der Waals surface area contributed by atoms with Crippen LogP contribution in [0.25, 0.3) is 0 Å². The van der Waals surface area contributed by atoms with E-state index in [1.54, 1.807) is 24.3 Å². The second-order valence-corrected chi connectivity index (χ2v) is 4.85. The third-order valence-corrected chi connectivity index (χ3v) is 3.26. The van der Waals surface area contributed by atoms with E-state index in [2.05, 4.69) is 11.1 Å². The number of nitrogens with zero attached hydrogens (tertiary/aromatic N) is 2. The molecule has 0 aliphatic heterocycles. The highest BCUT2D eigenvalue weighted by Gasteiger charge is 2.21. The monoisotopic (exact) mass is 292 g/mol. The summed E-state index contributed by atoms with van der Waals surface area (Å²) in [6.45, 7) is 0. The summed E-state index contributed by atoms with van der Waals surface area (Å²) in [5.74, 6) is -1.14. The maximum Gasteiger partial charge on any atom is 0.256 e. The Hall–Kier alpha value is -3.13. The van der Waals surface area contributed by atoms with E-state index in [0.717, 1.165) is 11.1 Å². The van der Waals surface area contributed by atoms with Crippen LogP contribution in [0.15, 0.2) is 59.6 Å².